The van der Waals surface area contributed by atoms with Crippen LogP contribution >= 0.6 is 0 Å². The zero-order valence-electron chi connectivity index (χ0n) is 15.8. The molecule has 3 aromatic rings. The van der Waals surface area contributed by atoms with Gasteiger partial charge in [0.25, 0.3) is 6.47 Å². The van der Waals surface area contributed by atoms with E-state index in [-0.39, 0.29) is 6.47 Å². The number of benzene rings is 1. The first-order valence-corrected chi connectivity index (χ1v) is 9.09. The summed E-state index contributed by atoms with van der Waals surface area (Å²) in [5.41, 5.74) is 2.89. The Morgan fingerprint density at radius 2 is 2.04 bits per heavy atom. The fourth-order valence-corrected chi connectivity index (χ4v) is 3.05. The summed E-state index contributed by atoms with van der Waals surface area (Å²) in [7, 11) is 0. The van der Waals surface area contributed by atoms with E-state index in [1.807, 2.05) is 23.0 Å². The molecule has 10 heteroatoms. The highest BCUT2D eigenvalue weighted by atomic mass is 16.3. The Balaban J connectivity index is 0.000000706. The maximum Gasteiger partial charge on any atom is 0.290 e. The Hall–Kier alpha value is -3.11. The van der Waals surface area contributed by atoms with Crippen LogP contribution in [0.15, 0.2) is 36.8 Å². The number of nitrogens with one attached hydrogen (secondary N) is 1. The van der Waals surface area contributed by atoms with Crippen LogP contribution in [0.4, 0.5) is 0 Å². The van der Waals surface area contributed by atoms with Gasteiger partial charge in [-0.1, -0.05) is 17.3 Å². The number of nitrogens with zero attached hydrogens (tertiary/aromatic N) is 7. The molecule has 10 nitrogen and oxygen atoms in total. The van der Waals surface area contributed by atoms with Crippen LogP contribution in [0, 0.1) is 6.92 Å². The van der Waals surface area contributed by atoms with E-state index in [0.29, 0.717) is 5.82 Å². The van der Waals surface area contributed by atoms with Gasteiger partial charge in [-0.15, -0.1) is 5.10 Å². The van der Waals surface area contributed by atoms with E-state index in [1.165, 1.54) is 5.56 Å². The van der Waals surface area contributed by atoms with Gasteiger partial charge in [-0.2, -0.15) is 5.10 Å². The first-order chi connectivity index (χ1) is 13.7. The fourth-order valence-electron chi connectivity index (χ4n) is 3.05. The molecule has 0 saturated carbocycles. The summed E-state index contributed by atoms with van der Waals surface area (Å²) in [6.07, 6.45) is 3.50. The van der Waals surface area contributed by atoms with Crippen LogP contribution in [0.2, 0.25) is 0 Å². The number of carboxylic acid groups (broad SMARTS) is 1. The van der Waals surface area contributed by atoms with Crippen LogP contribution in [0.25, 0.3) is 17.2 Å². The number of aryl methyl sites for hydroxylation is 1. The highest BCUT2D eigenvalue weighted by Crippen LogP contribution is 2.18. The second kappa shape index (κ2) is 9.72. The molecular weight excluding hydrogens is 360 g/mol. The molecule has 1 aromatic carbocycles. The standard InChI is InChI=1S/C17H22N8.CH2O2/c1-14-3-2-4-15(11-14)25-17(19-13-20-25)16-12-24(22-21-16)10-9-23-7-5-18-6-8-23;2-1-3/h2-4,11-13,18H,5-10H2,1H3;1H,(H,2,3). The van der Waals surface area contributed by atoms with Crippen molar-refractivity contribution >= 4 is 6.47 Å². The van der Waals surface area contributed by atoms with Crippen molar-refractivity contribution in [2.45, 2.75) is 13.5 Å². The maximum absolute atomic E-state index is 8.36. The summed E-state index contributed by atoms with van der Waals surface area (Å²) < 4.78 is 3.68. The largest absolute Gasteiger partial charge is 0.483 e. The highest BCUT2D eigenvalue weighted by Gasteiger charge is 2.14. The van der Waals surface area contributed by atoms with Crippen molar-refractivity contribution < 1.29 is 9.90 Å². The third-order valence-corrected chi connectivity index (χ3v) is 4.42. The van der Waals surface area contributed by atoms with Gasteiger partial charge in [-0.05, 0) is 24.6 Å². The molecule has 3 heterocycles. The van der Waals surface area contributed by atoms with E-state index in [9.17, 15) is 0 Å². The van der Waals surface area contributed by atoms with Crippen molar-refractivity contribution in [2.75, 3.05) is 32.7 Å². The Morgan fingerprint density at radius 1 is 1.25 bits per heavy atom. The molecule has 0 amide bonds. The molecule has 1 saturated heterocycles. The summed E-state index contributed by atoms with van der Waals surface area (Å²) in [4.78, 5) is 15.2. The SMILES string of the molecule is Cc1cccc(-n2ncnc2-c2cn(CCN3CCNCC3)nn2)c1.O=CO. The minimum absolute atomic E-state index is 0.250. The summed E-state index contributed by atoms with van der Waals surface area (Å²) >= 11 is 0. The molecule has 4 rings (SSSR count). The molecule has 28 heavy (non-hydrogen) atoms. The Bertz CT molecular complexity index is 885. The Labute approximate surface area is 162 Å². The van der Waals surface area contributed by atoms with Gasteiger partial charge in [-0.3, -0.25) is 14.4 Å². The molecule has 1 fully saturated rings. The van der Waals surface area contributed by atoms with E-state index in [2.05, 4.69) is 49.7 Å². The minimum Gasteiger partial charge on any atom is -0.483 e. The van der Waals surface area contributed by atoms with Crippen molar-refractivity contribution in [1.82, 2.24) is 40.0 Å². The van der Waals surface area contributed by atoms with Gasteiger partial charge in [0, 0.05) is 32.7 Å². The first kappa shape index (κ1) is 19.6. The van der Waals surface area contributed by atoms with Crippen LogP contribution in [0.3, 0.4) is 0 Å². The molecule has 0 radical (unpaired) electrons. The quantitative estimate of drug-likeness (QED) is 0.609. The zero-order chi connectivity index (χ0) is 19.8. The van der Waals surface area contributed by atoms with Gasteiger partial charge in [0.05, 0.1) is 18.4 Å². The normalized spacial score (nSPS) is 14.3. The van der Waals surface area contributed by atoms with Gasteiger partial charge in [0.15, 0.2) is 5.82 Å². The number of rotatable bonds is 5. The van der Waals surface area contributed by atoms with Crippen LogP contribution in [0.5, 0.6) is 0 Å². The van der Waals surface area contributed by atoms with E-state index in [4.69, 9.17) is 9.90 Å². The predicted octanol–water partition coefficient (Wildman–Crippen LogP) is 0.440. The second-order valence-corrected chi connectivity index (χ2v) is 6.40. The number of piperazine rings is 1. The lowest BCUT2D eigenvalue weighted by molar-refractivity contribution is -0.122. The van der Waals surface area contributed by atoms with E-state index in [1.54, 1.807) is 11.0 Å². The third-order valence-electron chi connectivity index (χ3n) is 4.42. The maximum atomic E-state index is 8.36. The zero-order valence-corrected chi connectivity index (χ0v) is 15.8. The lowest BCUT2D eigenvalue weighted by atomic mass is 10.2. The number of hydrogen-bond donors (Lipinski definition) is 2. The summed E-state index contributed by atoms with van der Waals surface area (Å²) in [6.45, 7) is 7.91. The highest BCUT2D eigenvalue weighted by molar-refractivity contribution is 5.51. The monoisotopic (exact) mass is 384 g/mol. The molecule has 2 aromatic heterocycles. The minimum atomic E-state index is -0.250. The van der Waals surface area contributed by atoms with Crippen LogP contribution in [-0.2, 0) is 11.3 Å². The molecule has 2 N–H and O–H groups in total. The van der Waals surface area contributed by atoms with Crippen molar-refractivity contribution in [2.24, 2.45) is 0 Å². The van der Waals surface area contributed by atoms with Crippen LogP contribution in [-0.4, -0.2) is 79.0 Å². The van der Waals surface area contributed by atoms with Crippen LogP contribution in [0.1, 0.15) is 5.56 Å². The molecule has 0 atom stereocenters. The third kappa shape index (κ3) is 4.99. The van der Waals surface area contributed by atoms with Crippen molar-refractivity contribution in [3.05, 3.63) is 42.4 Å². The molecule has 148 valence electrons. The van der Waals surface area contributed by atoms with Gasteiger partial charge in [-0.25, -0.2) is 9.67 Å². The molecule has 0 unspecified atom stereocenters. The Morgan fingerprint density at radius 3 is 2.79 bits per heavy atom. The van der Waals surface area contributed by atoms with Crippen molar-refractivity contribution in [1.29, 1.82) is 0 Å². The number of carbonyl (C=O) groups is 1. The van der Waals surface area contributed by atoms with Crippen molar-refractivity contribution in [3.8, 4) is 17.2 Å². The average molecular weight is 384 g/mol. The van der Waals surface area contributed by atoms with E-state index < -0.39 is 0 Å². The van der Waals surface area contributed by atoms with Gasteiger partial charge in [0.2, 0.25) is 0 Å². The molecule has 0 aliphatic carbocycles. The van der Waals surface area contributed by atoms with E-state index >= 15 is 0 Å². The Kier molecular flexibility index (Phi) is 6.82. The lowest BCUT2D eigenvalue weighted by Crippen LogP contribution is -2.44. The molecular formula is C18H24N8O2. The van der Waals surface area contributed by atoms with Gasteiger partial charge in [0.1, 0.15) is 12.0 Å². The smallest absolute Gasteiger partial charge is 0.290 e. The molecule has 0 bridgehead atoms. The summed E-state index contributed by atoms with van der Waals surface area (Å²) in [5, 5.41) is 23.1. The number of aromatic nitrogens is 6. The fraction of sp³-hybridized carbons (Fsp3) is 0.389. The molecule has 1 aliphatic rings. The van der Waals surface area contributed by atoms with E-state index in [0.717, 1.165) is 50.6 Å². The molecule has 0 spiro atoms. The second-order valence-electron chi connectivity index (χ2n) is 6.40. The van der Waals surface area contributed by atoms with Crippen LogP contribution < -0.4 is 5.32 Å². The first-order valence-electron chi connectivity index (χ1n) is 9.09. The van der Waals surface area contributed by atoms with Gasteiger partial charge < -0.3 is 10.4 Å². The predicted molar refractivity (Wildman–Crippen MR) is 103 cm³/mol. The topological polar surface area (TPSA) is 114 Å². The number of hydrogen-bond acceptors (Lipinski definition) is 7. The summed E-state index contributed by atoms with van der Waals surface area (Å²) in [5.74, 6) is 0.707. The summed E-state index contributed by atoms with van der Waals surface area (Å²) in [6, 6.07) is 8.17. The van der Waals surface area contributed by atoms with Gasteiger partial charge >= 0.3 is 0 Å². The van der Waals surface area contributed by atoms with Crippen molar-refractivity contribution in [3.63, 3.8) is 0 Å². The molecule has 1 aliphatic heterocycles. The lowest BCUT2D eigenvalue weighted by Gasteiger charge is -2.26. The average Bonchev–Trinajstić information content (AvgIpc) is 3.37.